The molecule has 6 rings (SSSR count). The number of nitrogens with zero attached hydrogens (tertiary/aromatic N) is 8. The van der Waals surface area contributed by atoms with Gasteiger partial charge in [0.2, 0.25) is 11.9 Å². The fourth-order valence-corrected chi connectivity index (χ4v) is 6.15. The highest BCUT2D eigenvalue weighted by Gasteiger charge is 2.20. The minimum Gasteiger partial charge on any atom is -0.337 e. The monoisotopic (exact) mass is 667 g/mol. The first-order valence-electron chi connectivity index (χ1n) is 13.8. The lowest BCUT2D eigenvalue weighted by atomic mass is 10.3. The minimum atomic E-state index is -3.93. The molecule has 0 fully saturated rings. The Labute approximate surface area is 269 Å². The zero-order valence-electron chi connectivity index (χ0n) is 24.5. The zero-order valence-corrected chi connectivity index (χ0v) is 26.1. The van der Waals surface area contributed by atoms with Gasteiger partial charge >= 0.3 is 0 Å². The number of hydrogen-bond acceptors (Lipinski definition) is 12. The van der Waals surface area contributed by atoms with Gasteiger partial charge in [0.05, 0.1) is 26.9 Å². The molecule has 236 valence electrons. The molecule has 0 aliphatic carbocycles. The van der Waals surface area contributed by atoms with Gasteiger partial charge in [-0.3, -0.25) is 0 Å². The highest BCUT2D eigenvalue weighted by molar-refractivity contribution is 7.93. The summed E-state index contributed by atoms with van der Waals surface area (Å²) in [6.45, 7) is 1.80. The summed E-state index contributed by atoms with van der Waals surface area (Å²) in [7, 11) is -7.85. The molecule has 3 heterocycles. The van der Waals surface area contributed by atoms with Crippen LogP contribution < -0.4 is 14.8 Å². The Balaban J connectivity index is 1.27. The summed E-state index contributed by atoms with van der Waals surface area (Å²) in [6.07, 6.45) is 5.73. The molecule has 3 aromatic carbocycles. The van der Waals surface area contributed by atoms with Gasteiger partial charge in [-0.1, -0.05) is 18.2 Å². The minimum absolute atomic E-state index is 0.00343. The predicted molar refractivity (Wildman–Crippen MR) is 174 cm³/mol. The number of nitrogens with one attached hydrogen (secondary N) is 3. The largest absolute Gasteiger partial charge is 0.337 e. The van der Waals surface area contributed by atoms with Crippen LogP contribution in [0.4, 0.5) is 34.8 Å². The summed E-state index contributed by atoms with van der Waals surface area (Å²) < 4.78 is 57.5. The molecule has 0 radical (unpaired) electrons. The Morgan fingerprint density at radius 1 is 0.617 bits per heavy atom. The highest BCUT2D eigenvalue weighted by atomic mass is 32.2. The number of benzene rings is 3. The van der Waals surface area contributed by atoms with E-state index in [1.165, 1.54) is 61.2 Å². The number of rotatable bonds is 11. The Morgan fingerprint density at radius 3 is 1.66 bits per heavy atom. The van der Waals surface area contributed by atoms with Gasteiger partial charge in [0.25, 0.3) is 20.0 Å². The second kappa shape index (κ2) is 13.1. The van der Waals surface area contributed by atoms with Crippen LogP contribution in [-0.4, -0.2) is 46.6 Å². The van der Waals surface area contributed by atoms with Gasteiger partial charge in [0, 0.05) is 30.5 Å². The summed E-state index contributed by atoms with van der Waals surface area (Å²) in [5, 5.41) is 16.7. The van der Waals surface area contributed by atoms with E-state index in [0.29, 0.717) is 28.6 Å². The number of hydrogen-bond donors (Lipinski definition) is 3. The van der Waals surface area contributed by atoms with Gasteiger partial charge < -0.3 is 5.32 Å². The Morgan fingerprint density at radius 2 is 1.13 bits per heavy atom. The van der Waals surface area contributed by atoms with Crippen molar-refractivity contribution in [1.82, 2.24) is 29.7 Å². The first-order valence-corrected chi connectivity index (χ1v) is 16.8. The van der Waals surface area contributed by atoms with Crippen LogP contribution >= 0.6 is 0 Å². The fourth-order valence-electron chi connectivity index (χ4n) is 4.24. The number of sulfonamides is 2. The van der Waals surface area contributed by atoms with E-state index >= 15 is 0 Å². The van der Waals surface area contributed by atoms with Crippen LogP contribution in [0.2, 0.25) is 0 Å². The van der Waals surface area contributed by atoms with Crippen LogP contribution in [0.25, 0.3) is 5.69 Å². The molecule has 0 spiro atoms. The van der Waals surface area contributed by atoms with Crippen molar-refractivity contribution in [2.75, 3.05) is 14.8 Å². The molecular weight excluding hydrogens is 643 g/mol. The van der Waals surface area contributed by atoms with Gasteiger partial charge in [0.1, 0.15) is 0 Å². The normalized spacial score (nSPS) is 11.8. The molecule has 0 saturated carbocycles. The molecule has 0 atom stereocenters. The van der Waals surface area contributed by atoms with Crippen LogP contribution in [-0.2, 0) is 20.0 Å². The van der Waals surface area contributed by atoms with Crippen molar-refractivity contribution in [1.29, 1.82) is 0 Å². The number of anilines is 4. The first-order chi connectivity index (χ1) is 22.7. The smallest absolute Gasteiger partial charge is 0.264 e. The third kappa shape index (κ3) is 7.26. The maximum Gasteiger partial charge on any atom is 0.264 e. The molecule has 6 aromatic rings. The molecule has 3 aromatic heterocycles. The number of para-hydroxylation sites is 1. The van der Waals surface area contributed by atoms with E-state index in [1.807, 2.05) is 30.3 Å². The predicted octanol–water partition coefficient (Wildman–Crippen LogP) is 5.52. The molecule has 0 saturated heterocycles. The first kappa shape index (κ1) is 30.9. The molecule has 0 bridgehead atoms. The van der Waals surface area contributed by atoms with Crippen molar-refractivity contribution in [3.8, 4) is 5.69 Å². The molecule has 47 heavy (non-hydrogen) atoms. The zero-order chi connectivity index (χ0) is 32.9. The van der Waals surface area contributed by atoms with Crippen molar-refractivity contribution in [3.63, 3.8) is 0 Å². The van der Waals surface area contributed by atoms with E-state index in [0.717, 1.165) is 5.69 Å². The molecule has 17 heteroatoms. The van der Waals surface area contributed by atoms with E-state index in [-0.39, 0.29) is 21.7 Å². The van der Waals surface area contributed by atoms with Crippen LogP contribution in [0.15, 0.2) is 136 Å². The van der Waals surface area contributed by atoms with Gasteiger partial charge in [0.15, 0.2) is 11.5 Å². The van der Waals surface area contributed by atoms with Crippen LogP contribution in [0.1, 0.15) is 5.69 Å². The Kier molecular flexibility index (Phi) is 8.63. The van der Waals surface area contributed by atoms with E-state index in [4.69, 9.17) is 5.10 Å². The summed E-state index contributed by atoms with van der Waals surface area (Å²) in [5.74, 6) is 0.307. The Bertz CT molecular complexity index is 2230. The SMILES string of the molecule is Cc1c(N=Nc2ccc(S(=O)(=O)Nc3ncccn3)cc2)c(Nc2ccccc2)nn1-c1ccc(S(=O)(=O)Nc2ncccn2)cc1. The lowest BCUT2D eigenvalue weighted by Gasteiger charge is -2.08. The van der Waals surface area contributed by atoms with Gasteiger partial charge in [-0.05, 0) is 79.7 Å². The summed E-state index contributed by atoms with van der Waals surface area (Å²) >= 11 is 0. The van der Waals surface area contributed by atoms with Crippen molar-refractivity contribution in [2.45, 2.75) is 16.7 Å². The molecule has 3 N–H and O–H groups in total. The molecule has 0 unspecified atom stereocenters. The van der Waals surface area contributed by atoms with E-state index in [1.54, 1.807) is 35.9 Å². The van der Waals surface area contributed by atoms with E-state index in [2.05, 4.69) is 44.9 Å². The topological polar surface area (TPSA) is 198 Å². The second-order valence-corrected chi connectivity index (χ2v) is 13.1. The maximum absolute atomic E-state index is 12.9. The number of azo groups is 1. The summed E-state index contributed by atoms with van der Waals surface area (Å²) in [6, 6.07) is 24.5. The van der Waals surface area contributed by atoms with Crippen molar-refractivity contribution in [2.24, 2.45) is 10.2 Å². The summed E-state index contributed by atoms with van der Waals surface area (Å²) in [5.41, 5.74) is 2.73. The van der Waals surface area contributed by atoms with Gasteiger partial charge in [-0.15, -0.1) is 10.2 Å². The third-order valence-electron chi connectivity index (χ3n) is 6.51. The van der Waals surface area contributed by atoms with Crippen molar-refractivity contribution >= 4 is 54.8 Å². The van der Waals surface area contributed by atoms with Crippen LogP contribution in [0.3, 0.4) is 0 Å². The number of aromatic nitrogens is 6. The lowest BCUT2D eigenvalue weighted by Crippen LogP contribution is -2.15. The maximum atomic E-state index is 12.9. The quantitative estimate of drug-likeness (QED) is 0.148. The molecular formula is C30H25N11O4S2. The van der Waals surface area contributed by atoms with Gasteiger partial charge in [-0.2, -0.15) is 5.11 Å². The van der Waals surface area contributed by atoms with E-state index < -0.39 is 20.0 Å². The third-order valence-corrected chi connectivity index (χ3v) is 9.20. The second-order valence-electron chi connectivity index (χ2n) is 9.73. The van der Waals surface area contributed by atoms with Gasteiger partial charge in [-0.25, -0.2) is 50.9 Å². The van der Waals surface area contributed by atoms with Crippen LogP contribution in [0.5, 0.6) is 0 Å². The average molecular weight is 668 g/mol. The molecule has 15 nitrogen and oxygen atoms in total. The highest BCUT2D eigenvalue weighted by Crippen LogP contribution is 2.34. The average Bonchev–Trinajstić information content (AvgIpc) is 3.39. The molecule has 0 aliphatic heterocycles. The molecule has 0 aliphatic rings. The summed E-state index contributed by atoms with van der Waals surface area (Å²) in [4.78, 5) is 15.6. The molecule has 0 amide bonds. The van der Waals surface area contributed by atoms with E-state index in [9.17, 15) is 16.8 Å². The van der Waals surface area contributed by atoms with Crippen molar-refractivity contribution < 1.29 is 16.8 Å². The van der Waals surface area contributed by atoms with Crippen molar-refractivity contribution in [3.05, 3.63) is 121 Å². The Hall–Kier alpha value is -6.07. The lowest BCUT2D eigenvalue weighted by molar-refractivity contribution is 0.599. The standard InChI is InChI=1S/C30H25N11O4S2/c1-21-27(37-36-23-9-13-25(14-10-23)46(42,43)39-29-31-17-5-18-32-29)28(35-22-7-3-2-4-8-22)38-41(21)24-11-15-26(16-12-24)47(44,45)40-30-33-19-6-20-34-30/h2-20H,1H3,(H,35,38)(H,31,32,39)(H,33,34,40). The van der Waals surface area contributed by atoms with Crippen LogP contribution in [0, 0.1) is 6.92 Å². The fraction of sp³-hybridized carbons (Fsp3) is 0.0333.